The monoisotopic (exact) mass is 440 g/mol. The van der Waals surface area contributed by atoms with Gasteiger partial charge in [-0.15, -0.1) is 22.7 Å². The second-order valence-corrected chi connectivity index (χ2v) is 9.02. The summed E-state index contributed by atoms with van der Waals surface area (Å²) >= 11 is 8.99. The van der Waals surface area contributed by atoms with Crippen LogP contribution < -0.4 is 5.32 Å². The highest BCUT2D eigenvalue weighted by Crippen LogP contribution is 2.28. The lowest BCUT2D eigenvalue weighted by Gasteiger charge is -2.02. The van der Waals surface area contributed by atoms with E-state index in [1.165, 1.54) is 22.7 Å². The van der Waals surface area contributed by atoms with Crippen molar-refractivity contribution in [3.63, 3.8) is 0 Å². The zero-order valence-electron chi connectivity index (χ0n) is 15.8. The number of thiazole rings is 2. The Morgan fingerprint density at radius 2 is 2.00 bits per heavy atom. The Hall–Kier alpha value is -2.61. The van der Waals surface area contributed by atoms with Gasteiger partial charge in [0.15, 0.2) is 5.13 Å². The molecule has 0 aliphatic carbocycles. The zero-order chi connectivity index (χ0) is 20.4. The molecule has 4 aromatic rings. The lowest BCUT2D eigenvalue weighted by molar-refractivity contribution is 0.103. The molecule has 0 atom stereocenters. The molecule has 0 spiro atoms. The Bertz CT molecular complexity index is 1170. The predicted octanol–water partition coefficient (Wildman–Crippen LogP) is 5.77. The number of pyridine rings is 1. The summed E-state index contributed by atoms with van der Waals surface area (Å²) in [6, 6.07) is 11.7. The highest BCUT2D eigenvalue weighted by atomic mass is 35.5. The SMILES string of the molecule is Cc1ccc(Cc2cnc(NC(=O)c3sc(-c4ccccn4)nc3C)s2)cc1Cl. The van der Waals surface area contributed by atoms with Crippen molar-refractivity contribution >= 4 is 45.3 Å². The fourth-order valence-corrected chi connectivity index (χ4v) is 4.74. The molecule has 0 bridgehead atoms. The largest absolute Gasteiger partial charge is 0.297 e. The van der Waals surface area contributed by atoms with Crippen LogP contribution in [0.1, 0.15) is 31.4 Å². The van der Waals surface area contributed by atoms with E-state index in [1.54, 1.807) is 12.4 Å². The van der Waals surface area contributed by atoms with Crippen LogP contribution in [0.15, 0.2) is 48.8 Å². The molecule has 8 heteroatoms. The van der Waals surface area contributed by atoms with Gasteiger partial charge in [-0.05, 0) is 43.2 Å². The van der Waals surface area contributed by atoms with Crippen molar-refractivity contribution in [3.05, 3.63) is 80.4 Å². The van der Waals surface area contributed by atoms with Gasteiger partial charge in [-0.25, -0.2) is 9.97 Å². The minimum absolute atomic E-state index is 0.207. The smallest absolute Gasteiger partial charge is 0.269 e. The first kappa shape index (κ1) is 19.7. The van der Waals surface area contributed by atoms with Crippen molar-refractivity contribution < 1.29 is 4.79 Å². The number of amides is 1. The molecular formula is C21H17ClN4OS2. The quantitative estimate of drug-likeness (QED) is 0.427. The summed E-state index contributed by atoms with van der Waals surface area (Å²) < 4.78 is 0. The number of benzene rings is 1. The van der Waals surface area contributed by atoms with Gasteiger partial charge in [0.2, 0.25) is 0 Å². The maximum atomic E-state index is 12.7. The summed E-state index contributed by atoms with van der Waals surface area (Å²) in [7, 11) is 0. The van der Waals surface area contributed by atoms with Gasteiger partial charge in [0.05, 0.1) is 11.4 Å². The van der Waals surface area contributed by atoms with E-state index in [4.69, 9.17) is 11.6 Å². The molecule has 1 aromatic carbocycles. The van der Waals surface area contributed by atoms with Crippen LogP contribution in [-0.2, 0) is 6.42 Å². The van der Waals surface area contributed by atoms with Crippen LogP contribution >= 0.6 is 34.3 Å². The maximum Gasteiger partial charge on any atom is 0.269 e. The van der Waals surface area contributed by atoms with Gasteiger partial charge in [0.25, 0.3) is 5.91 Å². The number of hydrogen-bond acceptors (Lipinski definition) is 6. The van der Waals surface area contributed by atoms with Gasteiger partial charge in [-0.2, -0.15) is 0 Å². The summed E-state index contributed by atoms with van der Waals surface area (Å²) in [5, 5.41) is 4.93. The molecule has 3 heterocycles. The van der Waals surface area contributed by atoms with E-state index in [9.17, 15) is 4.79 Å². The molecule has 0 aliphatic heterocycles. The third kappa shape index (κ3) is 4.53. The van der Waals surface area contributed by atoms with E-state index in [2.05, 4.69) is 26.3 Å². The molecule has 3 aromatic heterocycles. The van der Waals surface area contributed by atoms with E-state index in [1.807, 2.05) is 44.2 Å². The van der Waals surface area contributed by atoms with Gasteiger partial charge in [0, 0.05) is 28.7 Å². The number of halogens is 1. The van der Waals surface area contributed by atoms with Gasteiger partial charge in [-0.1, -0.05) is 29.8 Å². The molecule has 146 valence electrons. The second-order valence-electron chi connectivity index (χ2n) is 6.49. The van der Waals surface area contributed by atoms with Gasteiger partial charge in [0.1, 0.15) is 9.88 Å². The zero-order valence-corrected chi connectivity index (χ0v) is 18.2. The third-order valence-corrected chi connectivity index (χ3v) is 6.77. The van der Waals surface area contributed by atoms with Crippen molar-refractivity contribution in [2.75, 3.05) is 5.32 Å². The maximum absolute atomic E-state index is 12.7. The highest BCUT2D eigenvalue weighted by Gasteiger charge is 2.18. The van der Waals surface area contributed by atoms with E-state index in [0.717, 1.165) is 38.1 Å². The lowest BCUT2D eigenvalue weighted by atomic mass is 10.1. The van der Waals surface area contributed by atoms with Crippen LogP contribution in [0.3, 0.4) is 0 Å². The van der Waals surface area contributed by atoms with Crippen LogP contribution in [0.2, 0.25) is 5.02 Å². The fourth-order valence-electron chi connectivity index (χ4n) is 2.75. The molecule has 29 heavy (non-hydrogen) atoms. The van der Waals surface area contributed by atoms with Gasteiger partial charge < -0.3 is 0 Å². The minimum Gasteiger partial charge on any atom is -0.297 e. The molecule has 0 fully saturated rings. The third-order valence-electron chi connectivity index (χ3n) is 4.28. The number of aryl methyl sites for hydroxylation is 2. The first-order valence-electron chi connectivity index (χ1n) is 8.89. The van der Waals surface area contributed by atoms with Crippen molar-refractivity contribution in [1.82, 2.24) is 15.0 Å². The van der Waals surface area contributed by atoms with Crippen molar-refractivity contribution in [2.45, 2.75) is 20.3 Å². The van der Waals surface area contributed by atoms with Gasteiger partial charge in [-0.3, -0.25) is 15.1 Å². The number of rotatable bonds is 5. The average molecular weight is 441 g/mol. The number of carbonyl (C=O) groups is 1. The molecule has 0 unspecified atom stereocenters. The Labute approximate surface area is 181 Å². The number of anilines is 1. The molecule has 0 saturated heterocycles. The molecule has 0 aliphatic rings. The van der Waals surface area contributed by atoms with Crippen LogP contribution in [0.4, 0.5) is 5.13 Å². The summed E-state index contributed by atoms with van der Waals surface area (Å²) in [5.41, 5.74) is 3.60. The Kier molecular flexibility index (Phi) is 5.71. The Morgan fingerprint density at radius 3 is 2.76 bits per heavy atom. The molecule has 1 N–H and O–H groups in total. The van der Waals surface area contributed by atoms with Crippen molar-refractivity contribution in [2.24, 2.45) is 0 Å². The van der Waals surface area contributed by atoms with Crippen LogP contribution in [0.5, 0.6) is 0 Å². The summed E-state index contributed by atoms with van der Waals surface area (Å²) in [6.07, 6.45) is 4.22. The molecule has 4 rings (SSSR count). The molecule has 0 radical (unpaired) electrons. The van der Waals surface area contributed by atoms with E-state index < -0.39 is 0 Å². The Morgan fingerprint density at radius 1 is 1.14 bits per heavy atom. The summed E-state index contributed by atoms with van der Waals surface area (Å²) in [5.74, 6) is -0.207. The van der Waals surface area contributed by atoms with Gasteiger partial charge >= 0.3 is 0 Å². The topological polar surface area (TPSA) is 67.8 Å². The van der Waals surface area contributed by atoms with Crippen LogP contribution in [-0.4, -0.2) is 20.9 Å². The standard InChI is InChI=1S/C21H17ClN4OS2/c1-12-6-7-14(10-16(12)22)9-15-11-24-21(28-15)26-19(27)18-13(2)25-20(29-18)17-5-3-4-8-23-17/h3-8,10-11H,9H2,1-2H3,(H,24,26,27). The first-order valence-corrected chi connectivity index (χ1v) is 10.9. The van der Waals surface area contributed by atoms with Crippen LogP contribution in [0, 0.1) is 13.8 Å². The minimum atomic E-state index is -0.207. The Balaban J connectivity index is 1.47. The highest BCUT2D eigenvalue weighted by molar-refractivity contribution is 7.17. The molecule has 5 nitrogen and oxygen atoms in total. The number of nitrogens with zero attached hydrogens (tertiary/aromatic N) is 3. The summed E-state index contributed by atoms with van der Waals surface area (Å²) in [4.78, 5) is 27.5. The van der Waals surface area contributed by atoms with E-state index >= 15 is 0 Å². The molecule has 0 saturated carbocycles. The van der Waals surface area contributed by atoms with E-state index in [-0.39, 0.29) is 5.91 Å². The number of hydrogen-bond donors (Lipinski definition) is 1. The fraction of sp³-hybridized carbons (Fsp3) is 0.143. The predicted molar refractivity (Wildman–Crippen MR) is 119 cm³/mol. The average Bonchev–Trinajstić information content (AvgIpc) is 3.32. The van der Waals surface area contributed by atoms with Crippen molar-refractivity contribution in [1.29, 1.82) is 0 Å². The molecular weight excluding hydrogens is 424 g/mol. The lowest BCUT2D eigenvalue weighted by Crippen LogP contribution is -2.11. The molecule has 1 amide bonds. The number of aromatic nitrogens is 3. The second kappa shape index (κ2) is 8.41. The number of carbonyl (C=O) groups excluding carboxylic acids is 1. The van der Waals surface area contributed by atoms with E-state index in [0.29, 0.717) is 15.7 Å². The summed E-state index contributed by atoms with van der Waals surface area (Å²) in [6.45, 7) is 3.80. The normalized spacial score (nSPS) is 10.9. The first-order chi connectivity index (χ1) is 14.0. The van der Waals surface area contributed by atoms with Crippen LogP contribution in [0.25, 0.3) is 10.7 Å². The number of nitrogens with one attached hydrogen (secondary N) is 1. The van der Waals surface area contributed by atoms with Crippen molar-refractivity contribution in [3.8, 4) is 10.7 Å².